The van der Waals surface area contributed by atoms with Gasteiger partial charge in [0, 0.05) is 35.2 Å². The second kappa shape index (κ2) is 8.45. The molecular formula is C26H25NO4S. The second-order valence-corrected chi connectivity index (χ2v) is 9.15. The first-order valence-corrected chi connectivity index (χ1v) is 11.5. The summed E-state index contributed by atoms with van der Waals surface area (Å²) in [6, 6.07) is 12.1. The molecule has 2 aromatic carbocycles. The predicted molar refractivity (Wildman–Crippen MR) is 126 cm³/mol. The molecule has 5 rings (SSSR count). The molecule has 0 saturated heterocycles. The summed E-state index contributed by atoms with van der Waals surface area (Å²) in [6.45, 7) is 6.14. The number of hydrogen-bond acceptors (Lipinski definition) is 6. The van der Waals surface area contributed by atoms with Crippen LogP contribution in [0.3, 0.4) is 0 Å². The Hall–Kier alpha value is -3.09. The summed E-state index contributed by atoms with van der Waals surface area (Å²) >= 11 is 1.61. The van der Waals surface area contributed by atoms with E-state index >= 15 is 0 Å². The van der Waals surface area contributed by atoms with Crippen LogP contribution in [-0.4, -0.2) is 31.1 Å². The van der Waals surface area contributed by atoms with Crippen molar-refractivity contribution in [3.8, 4) is 17.2 Å². The number of thiophene rings is 1. The molecule has 0 radical (unpaired) electrons. The van der Waals surface area contributed by atoms with Gasteiger partial charge in [-0.05, 0) is 61.0 Å². The summed E-state index contributed by atoms with van der Waals surface area (Å²) in [5.74, 6) is 2.65. The fraction of sp³-hybridized carbons (Fsp3) is 0.269. The van der Waals surface area contributed by atoms with E-state index in [0.29, 0.717) is 23.8 Å². The Morgan fingerprint density at radius 3 is 2.69 bits per heavy atom. The highest BCUT2D eigenvalue weighted by molar-refractivity contribution is 7.11. The number of fused-ring (bicyclic) bond motifs is 2. The first kappa shape index (κ1) is 20.8. The average Bonchev–Trinajstić information content (AvgIpc) is 3.36. The lowest BCUT2D eigenvalue weighted by molar-refractivity contribution is 0.0954. The van der Waals surface area contributed by atoms with Crippen molar-refractivity contribution < 1.29 is 19.0 Å². The van der Waals surface area contributed by atoms with Crippen LogP contribution in [0.1, 0.15) is 37.5 Å². The van der Waals surface area contributed by atoms with E-state index in [1.165, 1.54) is 5.56 Å². The van der Waals surface area contributed by atoms with Gasteiger partial charge in [-0.25, -0.2) is 0 Å². The molecule has 2 aliphatic rings. The Morgan fingerprint density at radius 2 is 1.97 bits per heavy atom. The van der Waals surface area contributed by atoms with Crippen molar-refractivity contribution in [2.45, 2.75) is 26.8 Å². The van der Waals surface area contributed by atoms with Crippen molar-refractivity contribution in [3.05, 3.63) is 80.2 Å². The molecule has 0 fully saturated rings. The van der Waals surface area contributed by atoms with Gasteiger partial charge in [0.1, 0.15) is 24.0 Å². The van der Waals surface area contributed by atoms with Gasteiger partial charge >= 0.3 is 0 Å². The van der Waals surface area contributed by atoms with Crippen LogP contribution >= 0.6 is 11.3 Å². The Morgan fingerprint density at radius 1 is 1.16 bits per heavy atom. The van der Waals surface area contributed by atoms with Gasteiger partial charge in [-0.15, -0.1) is 11.3 Å². The number of carbonyl (C=O) groups is 1. The molecule has 0 amide bonds. The summed E-state index contributed by atoms with van der Waals surface area (Å²) in [5.41, 5.74) is 4.95. The SMILES string of the molecule is COc1ccc(CCN2COc3c(cc4c(c3C)O/C(=C\c3sccc3C)C4=O)C2)cc1. The summed E-state index contributed by atoms with van der Waals surface area (Å²) in [7, 11) is 1.67. The van der Waals surface area contributed by atoms with E-state index in [4.69, 9.17) is 14.2 Å². The van der Waals surface area contributed by atoms with Gasteiger partial charge in [0.05, 0.1) is 12.7 Å². The molecule has 1 aromatic heterocycles. The number of rotatable bonds is 5. The van der Waals surface area contributed by atoms with Gasteiger partial charge in [0.15, 0.2) is 5.76 Å². The van der Waals surface area contributed by atoms with Crippen LogP contribution in [0.25, 0.3) is 6.08 Å². The van der Waals surface area contributed by atoms with Gasteiger partial charge in [-0.2, -0.15) is 0 Å². The molecule has 6 heteroatoms. The fourth-order valence-electron chi connectivity index (χ4n) is 4.17. The number of Topliss-reactive ketones (excluding diaryl/α,β-unsaturated/α-hetero) is 1. The molecule has 3 aromatic rings. The van der Waals surface area contributed by atoms with E-state index in [9.17, 15) is 4.79 Å². The number of ketones is 1. The fourth-order valence-corrected chi connectivity index (χ4v) is 5.02. The highest BCUT2D eigenvalue weighted by Gasteiger charge is 2.33. The van der Waals surface area contributed by atoms with Crippen molar-refractivity contribution >= 4 is 23.2 Å². The molecule has 0 bridgehead atoms. The third-order valence-electron chi connectivity index (χ3n) is 6.04. The Balaban J connectivity index is 1.33. The zero-order valence-corrected chi connectivity index (χ0v) is 19.3. The molecule has 0 spiro atoms. The third-order valence-corrected chi connectivity index (χ3v) is 7.01. The van der Waals surface area contributed by atoms with Crippen molar-refractivity contribution in [1.29, 1.82) is 0 Å². The topological polar surface area (TPSA) is 48.0 Å². The van der Waals surface area contributed by atoms with Crippen LogP contribution < -0.4 is 14.2 Å². The highest BCUT2D eigenvalue weighted by Crippen LogP contribution is 2.43. The first-order chi connectivity index (χ1) is 15.5. The minimum Gasteiger partial charge on any atom is -0.497 e. The number of allylic oxidation sites excluding steroid dienone is 1. The van der Waals surface area contributed by atoms with Crippen molar-refractivity contribution in [2.24, 2.45) is 0 Å². The van der Waals surface area contributed by atoms with E-state index in [0.717, 1.165) is 52.6 Å². The lowest BCUT2D eigenvalue weighted by Crippen LogP contribution is -2.34. The van der Waals surface area contributed by atoms with E-state index in [1.54, 1.807) is 18.4 Å². The lowest BCUT2D eigenvalue weighted by Gasteiger charge is -2.30. The van der Waals surface area contributed by atoms with E-state index in [2.05, 4.69) is 17.0 Å². The van der Waals surface area contributed by atoms with Crippen LogP contribution in [0.15, 0.2) is 47.5 Å². The summed E-state index contributed by atoms with van der Waals surface area (Å²) in [4.78, 5) is 16.4. The second-order valence-electron chi connectivity index (χ2n) is 8.20. The Bertz CT molecular complexity index is 1210. The quantitative estimate of drug-likeness (QED) is 0.491. The molecule has 0 aliphatic carbocycles. The first-order valence-electron chi connectivity index (χ1n) is 10.7. The zero-order valence-electron chi connectivity index (χ0n) is 18.4. The maximum atomic E-state index is 13.1. The summed E-state index contributed by atoms with van der Waals surface area (Å²) in [6.07, 6.45) is 2.77. The third kappa shape index (κ3) is 3.80. The summed E-state index contributed by atoms with van der Waals surface area (Å²) < 4.78 is 17.3. The number of ether oxygens (including phenoxy) is 3. The van der Waals surface area contributed by atoms with Gasteiger partial charge in [-0.3, -0.25) is 9.69 Å². The van der Waals surface area contributed by atoms with E-state index in [1.807, 2.05) is 49.6 Å². The summed E-state index contributed by atoms with van der Waals surface area (Å²) in [5, 5.41) is 2.02. The monoisotopic (exact) mass is 447 g/mol. The van der Waals surface area contributed by atoms with E-state index in [-0.39, 0.29) is 5.78 Å². The molecular weight excluding hydrogens is 422 g/mol. The number of methoxy groups -OCH3 is 1. The van der Waals surface area contributed by atoms with Gasteiger partial charge < -0.3 is 14.2 Å². The molecule has 2 aliphatic heterocycles. The number of nitrogens with zero attached hydrogens (tertiary/aromatic N) is 1. The van der Waals surface area contributed by atoms with Gasteiger partial charge in [0.25, 0.3) is 0 Å². The zero-order chi connectivity index (χ0) is 22.2. The van der Waals surface area contributed by atoms with E-state index < -0.39 is 0 Å². The minimum atomic E-state index is -0.0611. The minimum absolute atomic E-state index is 0.0611. The normalized spacial score (nSPS) is 16.5. The van der Waals surface area contributed by atoms with Crippen LogP contribution in [0.2, 0.25) is 0 Å². The van der Waals surface area contributed by atoms with Crippen LogP contribution in [0, 0.1) is 13.8 Å². The maximum absolute atomic E-state index is 13.1. The molecule has 3 heterocycles. The molecule has 0 N–H and O–H groups in total. The number of aryl methyl sites for hydroxylation is 1. The standard InChI is InChI=1S/C26H25NO4S/c1-16-9-11-32-23(16)13-22-24(28)21-12-19-14-27(15-30-25(19)17(2)26(21)31-22)10-8-18-4-6-20(29-3)7-5-18/h4-7,9,11-13H,8,10,14-15H2,1-3H3/b22-13-. The van der Waals surface area contributed by atoms with Gasteiger partial charge in [-0.1, -0.05) is 12.1 Å². The maximum Gasteiger partial charge on any atom is 0.232 e. The predicted octanol–water partition coefficient (Wildman–Crippen LogP) is 5.38. The van der Waals surface area contributed by atoms with Crippen LogP contribution in [0.5, 0.6) is 17.2 Å². The average molecular weight is 448 g/mol. The largest absolute Gasteiger partial charge is 0.497 e. The van der Waals surface area contributed by atoms with Crippen molar-refractivity contribution in [2.75, 3.05) is 20.4 Å². The highest BCUT2D eigenvalue weighted by atomic mass is 32.1. The number of hydrogen-bond donors (Lipinski definition) is 0. The molecule has 0 saturated carbocycles. The van der Waals surface area contributed by atoms with Crippen molar-refractivity contribution in [3.63, 3.8) is 0 Å². The van der Waals surface area contributed by atoms with Gasteiger partial charge in [0.2, 0.25) is 5.78 Å². The number of benzene rings is 2. The lowest BCUT2D eigenvalue weighted by atomic mass is 10.00. The molecule has 32 heavy (non-hydrogen) atoms. The smallest absolute Gasteiger partial charge is 0.232 e. The van der Waals surface area contributed by atoms with Crippen molar-refractivity contribution in [1.82, 2.24) is 4.90 Å². The Kier molecular flexibility index (Phi) is 5.49. The number of carbonyl (C=O) groups excluding carboxylic acids is 1. The molecule has 5 nitrogen and oxygen atoms in total. The van der Waals surface area contributed by atoms with Crippen LogP contribution in [-0.2, 0) is 13.0 Å². The molecule has 0 atom stereocenters. The van der Waals surface area contributed by atoms with Crippen LogP contribution in [0.4, 0.5) is 0 Å². The molecule has 0 unspecified atom stereocenters. The molecule has 164 valence electrons. The Labute approximate surface area is 191 Å².